The van der Waals surface area contributed by atoms with Crippen LogP contribution < -0.4 is 5.32 Å². The number of benzene rings is 1. The predicted molar refractivity (Wildman–Crippen MR) is 109 cm³/mol. The van der Waals surface area contributed by atoms with Crippen LogP contribution in [0, 0.1) is 12.7 Å². The van der Waals surface area contributed by atoms with Gasteiger partial charge >= 0.3 is 0 Å². The number of likely N-dealkylation sites (tertiary alicyclic amines) is 1. The third-order valence-corrected chi connectivity index (χ3v) is 5.84. The molecular weight excluding hydrogens is 375 g/mol. The van der Waals surface area contributed by atoms with Crippen molar-refractivity contribution in [1.82, 2.24) is 14.9 Å². The fourth-order valence-electron chi connectivity index (χ4n) is 3.43. The number of aromatic nitrogens is 2. The number of hydrogen-bond donors (Lipinski definition) is 1. The first-order valence-electron chi connectivity index (χ1n) is 9.30. The fraction of sp³-hybridized carbons (Fsp3) is 0.286. The van der Waals surface area contributed by atoms with Gasteiger partial charge in [0.1, 0.15) is 5.82 Å². The molecule has 1 aromatic carbocycles. The van der Waals surface area contributed by atoms with Crippen molar-refractivity contribution < 1.29 is 9.18 Å². The number of hydrogen-bond acceptors (Lipinski definition) is 5. The summed E-state index contributed by atoms with van der Waals surface area (Å²) in [4.78, 5) is 25.5. The second-order valence-corrected chi connectivity index (χ2v) is 8.23. The summed E-state index contributed by atoms with van der Waals surface area (Å²) in [7, 11) is 0. The number of rotatable bonds is 4. The summed E-state index contributed by atoms with van der Waals surface area (Å²) in [6.07, 6.45) is 3.66. The number of aryl methyl sites for hydroxylation is 1. The van der Waals surface area contributed by atoms with Crippen LogP contribution in [0.3, 0.4) is 0 Å². The molecule has 4 rings (SSSR count). The van der Waals surface area contributed by atoms with Crippen LogP contribution in [0.5, 0.6) is 0 Å². The number of thiophene rings is 1. The van der Waals surface area contributed by atoms with E-state index in [2.05, 4.69) is 15.3 Å². The lowest BCUT2D eigenvalue weighted by atomic mass is 9.94. The van der Waals surface area contributed by atoms with Crippen molar-refractivity contribution in [3.8, 4) is 0 Å². The van der Waals surface area contributed by atoms with Crippen molar-refractivity contribution in [2.75, 3.05) is 18.4 Å². The molecule has 3 aromatic rings. The van der Waals surface area contributed by atoms with Gasteiger partial charge < -0.3 is 10.2 Å². The average molecular weight is 396 g/mol. The van der Waals surface area contributed by atoms with Gasteiger partial charge in [-0.15, -0.1) is 11.3 Å². The summed E-state index contributed by atoms with van der Waals surface area (Å²) in [5.41, 5.74) is 1.64. The van der Waals surface area contributed by atoms with Crippen molar-refractivity contribution in [3.05, 3.63) is 69.9 Å². The second-order valence-electron chi connectivity index (χ2n) is 6.94. The van der Waals surface area contributed by atoms with Crippen LogP contribution in [-0.4, -0.2) is 33.9 Å². The van der Waals surface area contributed by atoms with E-state index in [1.807, 2.05) is 30.0 Å². The molecule has 1 aliphatic rings. The largest absolute Gasteiger partial charge is 0.337 e. The van der Waals surface area contributed by atoms with Crippen LogP contribution in [-0.2, 0) is 0 Å². The summed E-state index contributed by atoms with van der Waals surface area (Å²) in [5, 5.41) is 3.11. The Bertz CT molecular complexity index is 973. The van der Waals surface area contributed by atoms with Crippen LogP contribution >= 0.6 is 11.3 Å². The molecule has 3 heterocycles. The number of carbonyl (C=O) groups is 1. The van der Waals surface area contributed by atoms with Crippen molar-refractivity contribution in [2.24, 2.45) is 0 Å². The molecule has 28 heavy (non-hydrogen) atoms. The minimum atomic E-state index is -0.284. The molecule has 7 heteroatoms. The molecule has 1 unspecified atom stereocenters. The van der Waals surface area contributed by atoms with Gasteiger partial charge in [-0.3, -0.25) is 4.79 Å². The number of halogens is 1. The number of anilines is 2. The molecule has 0 bridgehead atoms. The maximum Gasteiger partial charge on any atom is 0.263 e. The molecule has 0 saturated carbocycles. The Labute approximate surface area is 167 Å². The molecular formula is C21H21FN4OS. The van der Waals surface area contributed by atoms with Gasteiger partial charge in [-0.1, -0.05) is 0 Å². The molecule has 1 fully saturated rings. The first-order chi connectivity index (χ1) is 13.6. The number of carbonyl (C=O) groups excluding carboxylic acids is 1. The van der Waals surface area contributed by atoms with Crippen LogP contribution in [0.1, 0.15) is 39.0 Å². The molecule has 144 valence electrons. The number of nitrogens with zero attached hydrogens (tertiary/aromatic N) is 3. The Kier molecular flexibility index (Phi) is 5.34. The molecule has 1 N–H and O–H groups in total. The summed E-state index contributed by atoms with van der Waals surface area (Å²) in [6.45, 7) is 3.44. The predicted octanol–water partition coefficient (Wildman–Crippen LogP) is 4.75. The lowest BCUT2D eigenvalue weighted by Crippen LogP contribution is -2.39. The summed E-state index contributed by atoms with van der Waals surface area (Å²) in [5.74, 6) is 0.464. The smallest absolute Gasteiger partial charge is 0.263 e. The van der Waals surface area contributed by atoms with Crippen molar-refractivity contribution in [3.63, 3.8) is 0 Å². The third kappa shape index (κ3) is 4.20. The minimum absolute atomic E-state index is 0.0986. The van der Waals surface area contributed by atoms with Crippen LogP contribution in [0.25, 0.3) is 0 Å². The Balaban J connectivity index is 1.47. The van der Waals surface area contributed by atoms with Crippen LogP contribution in [0.2, 0.25) is 0 Å². The van der Waals surface area contributed by atoms with Gasteiger partial charge in [0.15, 0.2) is 0 Å². The number of nitrogens with one attached hydrogen (secondary N) is 1. The zero-order valence-corrected chi connectivity index (χ0v) is 16.4. The monoisotopic (exact) mass is 396 g/mol. The zero-order valence-electron chi connectivity index (χ0n) is 15.6. The number of piperidine rings is 1. The molecule has 1 aliphatic heterocycles. The molecule has 5 nitrogen and oxygen atoms in total. The normalized spacial score (nSPS) is 16.8. The first-order valence-corrected chi connectivity index (χ1v) is 10.1. The van der Waals surface area contributed by atoms with E-state index < -0.39 is 0 Å². The van der Waals surface area contributed by atoms with Gasteiger partial charge in [0, 0.05) is 35.8 Å². The van der Waals surface area contributed by atoms with Gasteiger partial charge in [0.2, 0.25) is 5.95 Å². The quantitative estimate of drug-likeness (QED) is 0.691. The first kappa shape index (κ1) is 18.6. The Morgan fingerprint density at radius 3 is 2.79 bits per heavy atom. The summed E-state index contributed by atoms with van der Waals surface area (Å²) < 4.78 is 13.1. The highest BCUT2D eigenvalue weighted by Crippen LogP contribution is 2.28. The van der Waals surface area contributed by atoms with E-state index in [0.717, 1.165) is 40.5 Å². The maximum absolute atomic E-state index is 13.1. The molecule has 0 aliphatic carbocycles. The number of amides is 1. The van der Waals surface area contributed by atoms with Crippen molar-refractivity contribution in [1.29, 1.82) is 0 Å². The van der Waals surface area contributed by atoms with Crippen molar-refractivity contribution >= 4 is 28.9 Å². The summed E-state index contributed by atoms with van der Waals surface area (Å²) in [6, 6.07) is 11.9. The highest BCUT2D eigenvalue weighted by molar-refractivity contribution is 7.13. The van der Waals surface area contributed by atoms with E-state index in [9.17, 15) is 9.18 Å². The molecule has 0 spiro atoms. The second kappa shape index (κ2) is 8.06. The van der Waals surface area contributed by atoms with Crippen LogP contribution in [0.4, 0.5) is 16.0 Å². The Hall–Kier alpha value is -2.80. The van der Waals surface area contributed by atoms with Gasteiger partial charge in [-0.25, -0.2) is 14.4 Å². The van der Waals surface area contributed by atoms with E-state index >= 15 is 0 Å². The molecule has 1 amide bonds. The Morgan fingerprint density at radius 2 is 2.04 bits per heavy atom. The standard InChI is InChI=1S/C21H21FN4OS/c1-14-4-9-19(28-14)20(27)26-12-2-3-15(13-26)18-10-11-23-21(25-18)24-17-7-5-16(22)6-8-17/h4-11,15H,2-3,12-13H2,1H3,(H,23,24,25). The minimum Gasteiger partial charge on any atom is -0.337 e. The maximum atomic E-state index is 13.1. The highest BCUT2D eigenvalue weighted by atomic mass is 32.1. The molecule has 0 radical (unpaired) electrons. The lowest BCUT2D eigenvalue weighted by molar-refractivity contribution is 0.0711. The fourth-order valence-corrected chi connectivity index (χ4v) is 4.27. The van der Waals surface area contributed by atoms with E-state index in [1.54, 1.807) is 18.3 Å². The van der Waals surface area contributed by atoms with Crippen molar-refractivity contribution in [2.45, 2.75) is 25.7 Å². The average Bonchev–Trinajstić information content (AvgIpc) is 3.16. The zero-order chi connectivity index (χ0) is 19.5. The van der Waals surface area contributed by atoms with Crippen LogP contribution in [0.15, 0.2) is 48.7 Å². The third-order valence-electron chi connectivity index (χ3n) is 4.86. The van der Waals surface area contributed by atoms with Gasteiger partial charge in [-0.2, -0.15) is 0 Å². The highest BCUT2D eigenvalue weighted by Gasteiger charge is 2.27. The SMILES string of the molecule is Cc1ccc(C(=O)N2CCCC(c3ccnc(Nc4ccc(F)cc4)n3)C2)s1. The Morgan fingerprint density at radius 1 is 1.21 bits per heavy atom. The van der Waals surface area contributed by atoms with E-state index in [4.69, 9.17) is 0 Å². The van der Waals surface area contributed by atoms with E-state index in [1.165, 1.54) is 23.5 Å². The van der Waals surface area contributed by atoms with E-state index in [-0.39, 0.29) is 17.6 Å². The summed E-state index contributed by atoms with van der Waals surface area (Å²) >= 11 is 1.54. The topological polar surface area (TPSA) is 58.1 Å². The lowest BCUT2D eigenvalue weighted by Gasteiger charge is -2.32. The van der Waals surface area contributed by atoms with Gasteiger partial charge in [-0.05, 0) is 62.2 Å². The molecule has 1 saturated heterocycles. The van der Waals surface area contributed by atoms with Gasteiger partial charge in [0.25, 0.3) is 5.91 Å². The molecule has 1 atom stereocenters. The van der Waals surface area contributed by atoms with Gasteiger partial charge in [0.05, 0.1) is 10.6 Å². The molecule has 2 aromatic heterocycles. The van der Waals surface area contributed by atoms with E-state index in [0.29, 0.717) is 12.5 Å².